The van der Waals surface area contributed by atoms with Crippen LogP contribution in [-0.2, 0) is 20.9 Å². The van der Waals surface area contributed by atoms with Crippen molar-refractivity contribution in [2.24, 2.45) is 5.73 Å². The largest absolute Gasteiger partial charge is 0.341 e. The van der Waals surface area contributed by atoms with Crippen molar-refractivity contribution in [2.75, 3.05) is 18.4 Å². The van der Waals surface area contributed by atoms with Gasteiger partial charge in [-0.2, -0.15) is 0 Å². The van der Waals surface area contributed by atoms with Gasteiger partial charge in [0.05, 0.1) is 11.5 Å². The standard InChI is InChI=1S/C24H27N5O5/c25-15-18-6-3-7-19(13-18)26-23(31)16-28-12-2-1-9-21(24(28)32)27-22(30)11-10-17-5-4-8-20(14-17)29(33)34/h3-8,10-11,13-14,21H,1-2,9,12,15-16,25H2,(H,26,31)(H,27,30)/b11-10+. The van der Waals surface area contributed by atoms with Crippen LogP contribution in [0.25, 0.3) is 6.08 Å². The third-order valence-corrected chi connectivity index (χ3v) is 5.39. The average molecular weight is 466 g/mol. The number of rotatable bonds is 8. The van der Waals surface area contributed by atoms with Crippen LogP contribution in [0.1, 0.15) is 30.4 Å². The summed E-state index contributed by atoms with van der Waals surface area (Å²) in [5.74, 6) is -1.14. The summed E-state index contributed by atoms with van der Waals surface area (Å²) in [6.45, 7) is 0.651. The number of likely N-dealkylation sites (tertiary alicyclic amines) is 1. The van der Waals surface area contributed by atoms with Gasteiger partial charge in [-0.1, -0.05) is 24.3 Å². The van der Waals surface area contributed by atoms with E-state index in [2.05, 4.69) is 10.6 Å². The molecule has 1 saturated heterocycles. The second-order valence-electron chi connectivity index (χ2n) is 7.95. The Morgan fingerprint density at radius 2 is 1.97 bits per heavy atom. The second-order valence-corrected chi connectivity index (χ2v) is 7.95. The summed E-state index contributed by atoms with van der Waals surface area (Å²) in [6, 6.07) is 12.3. The molecule has 1 fully saturated rings. The smallest absolute Gasteiger partial charge is 0.270 e. The molecule has 0 bridgehead atoms. The van der Waals surface area contributed by atoms with E-state index in [1.165, 1.54) is 35.3 Å². The topological polar surface area (TPSA) is 148 Å². The second kappa shape index (κ2) is 11.7. The molecule has 1 aliphatic heterocycles. The molecule has 1 aliphatic rings. The molecule has 1 heterocycles. The number of nitrogens with one attached hydrogen (secondary N) is 2. The Balaban J connectivity index is 1.59. The Bertz CT molecular complexity index is 1100. The Labute approximate surface area is 197 Å². The highest BCUT2D eigenvalue weighted by Gasteiger charge is 2.29. The number of nitrogens with zero attached hydrogens (tertiary/aromatic N) is 2. The molecule has 0 spiro atoms. The van der Waals surface area contributed by atoms with E-state index in [-0.39, 0.29) is 24.0 Å². The van der Waals surface area contributed by atoms with E-state index in [0.717, 1.165) is 18.4 Å². The fourth-order valence-corrected chi connectivity index (χ4v) is 3.68. The minimum absolute atomic E-state index is 0.0785. The van der Waals surface area contributed by atoms with Gasteiger partial charge in [-0.25, -0.2) is 0 Å². The lowest BCUT2D eigenvalue weighted by Crippen LogP contribution is -2.49. The van der Waals surface area contributed by atoms with Gasteiger partial charge < -0.3 is 21.3 Å². The molecule has 2 aromatic carbocycles. The van der Waals surface area contributed by atoms with Crippen LogP contribution >= 0.6 is 0 Å². The van der Waals surface area contributed by atoms with Crippen LogP contribution in [0.2, 0.25) is 0 Å². The number of nitro groups is 1. The molecule has 0 saturated carbocycles. The predicted octanol–water partition coefficient (Wildman–Crippen LogP) is 2.20. The van der Waals surface area contributed by atoms with Crippen LogP contribution in [-0.4, -0.2) is 46.7 Å². The van der Waals surface area contributed by atoms with Crippen LogP contribution in [0, 0.1) is 10.1 Å². The number of benzene rings is 2. The molecule has 3 amide bonds. The molecular formula is C24H27N5O5. The summed E-state index contributed by atoms with van der Waals surface area (Å²) in [7, 11) is 0. The summed E-state index contributed by atoms with van der Waals surface area (Å²) in [5.41, 5.74) is 7.53. The average Bonchev–Trinajstić information content (AvgIpc) is 2.99. The van der Waals surface area contributed by atoms with Crippen molar-refractivity contribution in [1.29, 1.82) is 0 Å². The number of non-ortho nitro benzene ring substituents is 1. The van der Waals surface area contributed by atoms with E-state index in [4.69, 9.17) is 5.73 Å². The maximum atomic E-state index is 13.0. The molecule has 4 N–H and O–H groups in total. The molecule has 34 heavy (non-hydrogen) atoms. The van der Waals surface area contributed by atoms with Gasteiger partial charge in [0.1, 0.15) is 6.04 Å². The first-order chi connectivity index (χ1) is 16.4. The van der Waals surface area contributed by atoms with Crippen LogP contribution < -0.4 is 16.4 Å². The molecule has 3 rings (SSSR count). The van der Waals surface area contributed by atoms with Crippen molar-refractivity contribution in [1.82, 2.24) is 10.2 Å². The third kappa shape index (κ3) is 6.97. The normalized spacial score (nSPS) is 16.2. The van der Waals surface area contributed by atoms with E-state index < -0.39 is 16.9 Å². The number of amides is 3. The molecule has 1 unspecified atom stereocenters. The highest BCUT2D eigenvalue weighted by atomic mass is 16.6. The quantitative estimate of drug-likeness (QED) is 0.309. The van der Waals surface area contributed by atoms with Crippen molar-refractivity contribution < 1.29 is 19.3 Å². The van der Waals surface area contributed by atoms with Crippen molar-refractivity contribution in [2.45, 2.75) is 31.8 Å². The monoisotopic (exact) mass is 465 g/mol. The van der Waals surface area contributed by atoms with Gasteiger partial charge in [0, 0.05) is 37.0 Å². The van der Waals surface area contributed by atoms with Gasteiger partial charge in [-0.15, -0.1) is 0 Å². The fourth-order valence-electron chi connectivity index (χ4n) is 3.68. The number of nitrogens with two attached hydrogens (primary N) is 1. The number of hydrogen-bond acceptors (Lipinski definition) is 6. The molecule has 0 radical (unpaired) electrons. The zero-order valence-corrected chi connectivity index (χ0v) is 18.6. The van der Waals surface area contributed by atoms with E-state index in [1.54, 1.807) is 24.3 Å². The number of hydrogen-bond donors (Lipinski definition) is 3. The first kappa shape index (κ1) is 24.6. The number of nitro benzene ring substituents is 1. The van der Waals surface area contributed by atoms with Gasteiger partial charge in [0.25, 0.3) is 5.69 Å². The molecular weight excluding hydrogens is 438 g/mol. The van der Waals surface area contributed by atoms with Crippen molar-refractivity contribution in [3.63, 3.8) is 0 Å². The molecule has 0 aliphatic carbocycles. The summed E-state index contributed by atoms with van der Waals surface area (Å²) >= 11 is 0. The van der Waals surface area contributed by atoms with Crippen LogP contribution in [0.4, 0.5) is 11.4 Å². The fraction of sp³-hybridized carbons (Fsp3) is 0.292. The molecule has 0 aromatic heterocycles. The Morgan fingerprint density at radius 1 is 1.18 bits per heavy atom. The zero-order chi connectivity index (χ0) is 24.5. The molecule has 178 valence electrons. The van der Waals surface area contributed by atoms with E-state index in [9.17, 15) is 24.5 Å². The molecule has 10 heteroatoms. The van der Waals surface area contributed by atoms with E-state index >= 15 is 0 Å². The van der Waals surface area contributed by atoms with Gasteiger partial charge in [-0.05, 0) is 48.6 Å². The zero-order valence-electron chi connectivity index (χ0n) is 18.6. The summed E-state index contributed by atoms with van der Waals surface area (Å²) < 4.78 is 0. The van der Waals surface area contributed by atoms with Crippen molar-refractivity contribution >= 4 is 35.2 Å². The maximum Gasteiger partial charge on any atom is 0.270 e. The SMILES string of the molecule is NCc1cccc(NC(=O)CN2CCCCC(NC(=O)/C=C/c3cccc([N+](=O)[O-])c3)C2=O)c1. The number of anilines is 1. The lowest BCUT2D eigenvalue weighted by atomic mass is 10.1. The molecule has 2 aromatic rings. The van der Waals surface area contributed by atoms with Gasteiger partial charge in [0.15, 0.2) is 0 Å². The minimum Gasteiger partial charge on any atom is -0.341 e. The molecule has 1 atom stereocenters. The number of carbonyl (C=O) groups excluding carboxylic acids is 3. The van der Waals surface area contributed by atoms with Gasteiger partial charge >= 0.3 is 0 Å². The number of carbonyl (C=O) groups is 3. The molecule has 10 nitrogen and oxygen atoms in total. The Morgan fingerprint density at radius 3 is 2.74 bits per heavy atom. The third-order valence-electron chi connectivity index (χ3n) is 5.39. The Hall–Kier alpha value is -4.05. The van der Waals surface area contributed by atoms with Crippen LogP contribution in [0.3, 0.4) is 0 Å². The first-order valence-electron chi connectivity index (χ1n) is 11.0. The van der Waals surface area contributed by atoms with Gasteiger partial charge in [-0.3, -0.25) is 24.5 Å². The summed E-state index contributed by atoms with van der Waals surface area (Å²) in [5, 5.41) is 16.4. The lowest BCUT2D eigenvalue weighted by molar-refractivity contribution is -0.384. The highest BCUT2D eigenvalue weighted by molar-refractivity contribution is 5.98. The van der Waals surface area contributed by atoms with E-state index in [1.807, 2.05) is 6.07 Å². The van der Waals surface area contributed by atoms with Crippen LogP contribution in [0.5, 0.6) is 0 Å². The van der Waals surface area contributed by atoms with Gasteiger partial charge in [0.2, 0.25) is 17.7 Å². The first-order valence-corrected chi connectivity index (χ1v) is 11.0. The highest BCUT2D eigenvalue weighted by Crippen LogP contribution is 2.16. The maximum absolute atomic E-state index is 13.0. The summed E-state index contributed by atoms with van der Waals surface area (Å²) in [4.78, 5) is 49.7. The van der Waals surface area contributed by atoms with E-state index in [0.29, 0.717) is 30.8 Å². The predicted molar refractivity (Wildman–Crippen MR) is 127 cm³/mol. The summed E-state index contributed by atoms with van der Waals surface area (Å²) in [6.07, 6.45) is 4.59. The van der Waals surface area contributed by atoms with Crippen LogP contribution in [0.15, 0.2) is 54.6 Å². The van der Waals surface area contributed by atoms with Crippen molar-refractivity contribution in [3.05, 3.63) is 75.8 Å². The lowest BCUT2D eigenvalue weighted by Gasteiger charge is -2.24. The minimum atomic E-state index is -0.752. The van der Waals surface area contributed by atoms with Crippen molar-refractivity contribution in [3.8, 4) is 0 Å². The Kier molecular flexibility index (Phi) is 8.47.